The molecule has 0 amide bonds. The molecule has 6 heteroatoms. The zero-order valence-corrected chi connectivity index (χ0v) is 12.0. The Morgan fingerprint density at radius 3 is 2.22 bits per heavy atom. The summed E-state index contributed by atoms with van der Waals surface area (Å²) in [5.74, 6) is 0.679. The SMILES string of the molecule is CS(=O)(=O)N1CCN(CC(N)C2CCCC2)CC1. The van der Waals surface area contributed by atoms with Crippen LogP contribution in [0.1, 0.15) is 25.7 Å². The van der Waals surface area contributed by atoms with E-state index >= 15 is 0 Å². The molecule has 0 radical (unpaired) electrons. The topological polar surface area (TPSA) is 66.6 Å². The van der Waals surface area contributed by atoms with Crippen molar-refractivity contribution in [3.05, 3.63) is 0 Å². The standard InChI is InChI=1S/C12H25N3O2S/c1-18(16,17)15-8-6-14(7-9-15)10-12(13)11-4-2-3-5-11/h11-12H,2-10,13H2,1H3. The van der Waals surface area contributed by atoms with Gasteiger partial charge in [-0.3, -0.25) is 4.90 Å². The van der Waals surface area contributed by atoms with E-state index in [1.165, 1.54) is 31.9 Å². The molecule has 2 fully saturated rings. The Morgan fingerprint density at radius 1 is 1.17 bits per heavy atom. The Morgan fingerprint density at radius 2 is 1.72 bits per heavy atom. The third-order valence-corrected chi connectivity index (χ3v) is 5.58. The van der Waals surface area contributed by atoms with E-state index in [0.717, 1.165) is 19.6 Å². The van der Waals surface area contributed by atoms with Crippen LogP contribution in [0.4, 0.5) is 0 Å². The molecule has 5 nitrogen and oxygen atoms in total. The molecule has 2 aliphatic rings. The molecule has 1 aliphatic heterocycles. The van der Waals surface area contributed by atoms with Gasteiger partial charge >= 0.3 is 0 Å². The fourth-order valence-corrected chi connectivity index (χ4v) is 3.90. The fraction of sp³-hybridized carbons (Fsp3) is 1.00. The molecular formula is C12H25N3O2S. The van der Waals surface area contributed by atoms with Gasteiger partial charge in [-0.2, -0.15) is 4.31 Å². The number of piperazine rings is 1. The van der Waals surface area contributed by atoms with E-state index in [0.29, 0.717) is 19.0 Å². The Labute approximate surface area is 110 Å². The van der Waals surface area contributed by atoms with Gasteiger partial charge in [0.15, 0.2) is 0 Å². The average molecular weight is 275 g/mol. The maximum atomic E-state index is 11.4. The lowest BCUT2D eigenvalue weighted by atomic mass is 9.98. The van der Waals surface area contributed by atoms with Gasteiger partial charge in [-0.1, -0.05) is 12.8 Å². The van der Waals surface area contributed by atoms with Crippen molar-refractivity contribution in [2.75, 3.05) is 39.0 Å². The summed E-state index contributed by atoms with van der Waals surface area (Å²) in [5, 5.41) is 0. The molecule has 0 spiro atoms. The van der Waals surface area contributed by atoms with Crippen LogP contribution >= 0.6 is 0 Å². The van der Waals surface area contributed by atoms with Crippen molar-refractivity contribution in [2.45, 2.75) is 31.7 Å². The summed E-state index contributed by atoms with van der Waals surface area (Å²) in [6.07, 6.45) is 6.46. The predicted octanol–water partition coefficient (Wildman–Crippen LogP) is 0.0811. The number of hydrogen-bond acceptors (Lipinski definition) is 4. The maximum Gasteiger partial charge on any atom is 0.211 e. The van der Waals surface area contributed by atoms with Crippen molar-refractivity contribution in [1.82, 2.24) is 9.21 Å². The molecule has 2 rings (SSSR count). The van der Waals surface area contributed by atoms with Crippen molar-refractivity contribution in [2.24, 2.45) is 11.7 Å². The highest BCUT2D eigenvalue weighted by atomic mass is 32.2. The summed E-state index contributed by atoms with van der Waals surface area (Å²) in [5.41, 5.74) is 6.26. The first-order valence-corrected chi connectivity index (χ1v) is 8.75. The van der Waals surface area contributed by atoms with Gasteiger partial charge in [0.2, 0.25) is 10.0 Å². The first kappa shape index (κ1) is 14.2. The summed E-state index contributed by atoms with van der Waals surface area (Å²) in [6.45, 7) is 3.76. The van der Waals surface area contributed by atoms with Crippen LogP contribution in [0.2, 0.25) is 0 Å². The lowest BCUT2D eigenvalue weighted by Crippen LogP contribution is -2.52. The largest absolute Gasteiger partial charge is 0.326 e. The van der Waals surface area contributed by atoms with Crippen LogP contribution in [-0.4, -0.2) is 62.6 Å². The van der Waals surface area contributed by atoms with Crippen LogP contribution in [0.3, 0.4) is 0 Å². The van der Waals surface area contributed by atoms with Crippen molar-refractivity contribution in [1.29, 1.82) is 0 Å². The molecule has 18 heavy (non-hydrogen) atoms. The van der Waals surface area contributed by atoms with Crippen LogP contribution < -0.4 is 5.73 Å². The van der Waals surface area contributed by atoms with Gasteiger partial charge in [0, 0.05) is 38.8 Å². The van der Waals surface area contributed by atoms with E-state index in [-0.39, 0.29) is 6.04 Å². The third kappa shape index (κ3) is 3.66. The second kappa shape index (κ2) is 5.86. The van der Waals surface area contributed by atoms with Crippen molar-refractivity contribution in [3.63, 3.8) is 0 Å². The Kier molecular flexibility index (Phi) is 4.64. The number of rotatable bonds is 4. The van der Waals surface area contributed by atoms with Crippen LogP contribution in [0.25, 0.3) is 0 Å². The Hall–Kier alpha value is -0.170. The molecule has 1 saturated heterocycles. The molecule has 1 unspecified atom stereocenters. The molecule has 0 aromatic carbocycles. The smallest absolute Gasteiger partial charge is 0.211 e. The Bertz CT molecular complexity index is 358. The number of nitrogens with zero attached hydrogens (tertiary/aromatic N) is 2. The minimum atomic E-state index is -3.02. The summed E-state index contributed by atoms with van der Waals surface area (Å²) >= 11 is 0. The summed E-state index contributed by atoms with van der Waals surface area (Å²) in [7, 11) is -3.02. The lowest BCUT2D eigenvalue weighted by Gasteiger charge is -2.35. The first-order chi connectivity index (χ1) is 8.47. The normalized spacial score (nSPS) is 26.6. The van der Waals surface area contributed by atoms with Crippen molar-refractivity contribution >= 4 is 10.0 Å². The second-order valence-electron chi connectivity index (χ2n) is 5.67. The number of nitrogens with two attached hydrogens (primary N) is 1. The third-order valence-electron chi connectivity index (χ3n) is 4.27. The molecule has 0 aromatic rings. The summed E-state index contributed by atoms with van der Waals surface area (Å²) in [4.78, 5) is 2.31. The van der Waals surface area contributed by atoms with E-state index in [2.05, 4.69) is 4.90 Å². The molecule has 1 saturated carbocycles. The fourth-order valence-electron chi connectivity index (χ4n) is 3.08. The van der Waals surface area contributed by atoms with E-state index in [9.17, 15) is 8.42 Å². The second-order valence-corrected chi connectivity index (χ2v) is 7.65. The van der Waals surface area contributed by atoms with Gasteiger partial charge < -0.3 is 5.73 Å². The van der Waals surface area contributed by atoms with E-state index in [4.69, 9.17) is 5.73 Å². The minimum Gasteiger partial charge on any atom is -0.326 e. The monoisotopic (exact) mass is 275 g/mol. The minimum absolute atomic E-state index is 0.261. The molecule has 2 N–H and O–H groups in total. The predicted molar refractivity (Wildman–Crippen MR) is 72.8 cm³/mol. The highest BCUT2D eigenvalue weighted by Crippen LogP contribution is 2.27. The highest BCUT2D eigenvalue weighted by Gasteiger charge is 2.27. The molecule has 0 aromatic heterocycles. The van der Waals surface area contributed by atoms with Crippen LogP contribution in [-0.2, 0) is 10.0 Å². The van der Waals surface area contributed by atoms with E-state index in [1.54, 1.807) is 4.31 Å². The zero-order chi connectivity index (χ0) is 13.2. The van der Waals surface area contributed by atoms with Gasteiger partial charge in [-0.15, -0.1) is 0 Å². The first-order valence-electron chi connectivity index (χ1n) is 6.90. The van der Waals surface area contributed by atoms with Gasteiger partial charge in [0.05, 0.1) is 6.26 Å². The van der Waals surface area contributed by atoms with Crippen molar-refractivity contribution in [3.8, 4) is 0 Å². The Balaban J connectivity index is 1.76. The van der Waals surface area contributed by atoms with Gasteiger partial charge in [0.1, 0.15) is 0 Å². The van der Waals surface area contributed by atoms with Gasteiger partial charge in [0.25, 0.3) is 0 Å². The number of sulfonamides is 1. The van der Waals surface area contributed by atoms with E-state index in [1.807, 2.05) is 0 Å². The lowest BCUT2D eigenvalue weighted by molar-refractivity contribution is 0.167. The summed E-state index contributed by atoms with van der Waals surface area (Å²) in [6, 6.07) is 0.261. The molecule has 106 valence electrons. The molecule has 1 heterocycles. The van der Waals surface area contributed by atoms with Crippen LogP contribution in [0.5, 0.6) is 0 Å². The molecule has 1 atom stereocenters. The average Bonchev–Trinajstić information content (AvgIpc) is 2.82. The molecular weight excluding hydrogens is 250 g/mol. The van der Waals surface area contributed by atoms with Gasteiger partial charge in [-0.05, 0) is 18.8 Å². The van der Waals surface area contributed by atoms with Crippen LogP contribution in [0, 0.1) is 5.92 Å². The highest BCUT2D eigenvalue weighted by molar-refractivity contribution is 7.88. The van der Waals surface area contributed by atoms with Crippen molar-refractivity contribution < 1.29 is 8.42 Å². The van der Waals surface area contributed by atoms with Gasteiger partial charge in [-0.25, -0.2) is 8.42 Å². The van der Waals surface area contributed by atoms with E-state index < -0.39 is 10.0 Å². The molecule has 0 bridgehead atoms. The maximum absolute atomic E-state index is 11.4. The molecule has 1 aliphatic carbocycles. The number of hydrogen-bond donors (Lipinski definition) is 1. The quantitative estimate of drug-likeness (QED) is 0.789. The summed E-state index contributed by atoms with van der Waals surface area (Å²) < 4.78 is 24.4. The van der Waals surface area contributed by atoms with Crippen LogP contribution in [0.15, 0.2) is 0 Å². The zero-order valence-electron chi connectivity index (χ0n) is 11.2.